The molecule has 10 nitrogen and oxygen atoms in total. The molecule has 2 aromatic rings. The van der Waals surface area contributed by atoms with Crippen LogP contribution in [-0.2, 0) is 10.0 Å². The second-order valence-electron chi connectivity index (χ2n) is 5.60. The molecule has 0 atom stereocenters. The van der Waals surface area contributed by atoms with E-state index >= 15 is 0 Å². The third kappa shape index (κ3) is 3.81. The van der Waals surface area contributed by atoms with Crippen LogP contribution in [-0.4, -0.2) is 42.9 Å². The number of guanidine groups is 1. The minimum absolute atomic E-state index is 0.0315. The predicted octanol–water partition coefficient (Wildman–Crippen LogP) is 1.45. The largest absolute Gasteiger partial charge is 0.269 e. The fourth-order valence-corrected chi connectivity index (χ4v) is 3.88. The zero-order chi connectivity index (χ0) is 20.1. The molecule has 3 rings (SSSR count). The summed E-state index contributed by atoms with van der Waals surface area (Å²) in [6, 6.07) is 13.5. The van der Waals surface area contributed by atoms with Gasteiger partial charge in [-0.25, -0.2) is 23.1 Å². The number of nitrogens with zero attached hydrogens (tertiary/aromatic N) is 5. The van der Waals surface area contributed by atoms with Crippen LogP contribution in [0.5, 0.6) is 0 Å². The number of benzene rings is 2. The van der Waals surface area contributed by atoms with E-state index in [1.807, 2.05) is 6.07 Å². The van der Waals surface area contributed by atoms with E-state index < -0.39 is 14.9 Å². The van der Waals surface area contributed by atoms with Crippen LogP contribution in [0.2, 0.25) is 0 Å². The van der Waals surface area contributed by atoms with Crippen LogP contribution in [0.3, 0.4) is 0 Å². The number of hydrogen-bond acceptors (Lipinski definition) is 8. The van der Waals surface area contributed by atoms with Gasteiger partial charge >= 0.3 is 0 Å². The van der Waals surface area contributed by atoms with Crippen LogP contribution in [0, 0.1) is 21.4 Å². The van der Waals surface area contributed by atoms with E-state index in [4.69, 9.17) is 5.26 Å². The molecule has 0 fully saturated rings. The number of nitrogens with one attached hydrogen (secondary N) is 1. The molecule has 1 heterocycles. The van der Waals surface area contributed by atoms with Gasteiger partial charge < -0.3 is 0 Å². The van der Waals surface area contributed by atoms with Crippen molar-refractivity contribution in [3.63, 3.8) is 0 Å². The lowest BCUT2D eigenvalue weighted by Crippen LogP contribution is -2.40. The third-order valence-electron chi connectivity index (χ3n) is 3.89. The zero-order valence-corrected chi connectivity index (χ0v) is 15.2. The molecular weight excluding hydrogens is 384 g/mol. The standard InChI is InChI=1S/C17H14N6O4S/c18-11-13-3-1-2-4-14(13)12-20-21-17-19-9-10-22(17)28(26,27)16-7-5-15(6-8-16)23(24)25/h1-8,12H,9-10H2,(H,19,21)/b20-12+. The van der Waals surface area contributed by atoms with E-state index in [0.29, 0.717) is 11.1 Å². The third-order valence-corrected chi connectivity index (χ3v) is 5.69. The molecule has 0 radical (unpaired) electrons. The van der Waals surface area contributed by atoms with Gasteiger partial charge in [0.1, 0.15) is 0 Å². The maximum absolute atomic E-state index is 12.8. The lowest BCUT2D eigenvalue weighted by Gasteiger charge is -2.19. The number of non-ortho nitro benzene ring substituents is 1. The minimum Gasteiger partial charge on any atom is -0.258 e. The SMILES string of the molecule is N#Cc1ccccc1/C=N/NC1=NCCN1S(=O)(=O)c1ccc([N+](=O)[O-])cc1. The molecule has 1 aliphatic heterocycles. The number of hydrazone groups is 1. The van der Waals surface area contributed by atoms with Gasteiger partial charge in [-0.1, -0.05) is 18.2 Å². The normalized spacial score (nSPS) is 14.0. The maximum atomic E-state index is 12.8. The zero-order valence-electron chi connectivity index (χ0n) is 14.4. The number of rotatable bonds is 5. The fraction of sp³-hybridized carbons (Fsp3) is 0.118. The van der Waals surface area contributed by atoms with E-state index in [0.717, 1.165) is 16.4 Å². The molecule has 0 aromatic heterocycles. The second-order valence-corrected chi connectivity index (χ2v) is 7.46. The van der Waals surface area contributed by atoms with E-state index in [1.165, 1.54) is 18.3 Å². The molecule has 0 aliphatic carbocycles. The van der Waals surface area contributed by atoms with Crippen molar-refractivity contribution in [3.8, 4) is 6.07 Å². The van der Waals surface area contributed by atoms with Crippen molar-refractivity contribution in [1.82, 2.24) is 9.73 Å². The lowest BCUT2D eigenvalue weighted by atomic mass is 10.1. The van der Waals surface area contributed by atoms with Crippen molar-refractivity contribution in [1.29, 1.82) is 5.26 Å². The first kappa shape index (κ1) is 19.0. The number of sulfonamides is 1. The second kappa shape index (κ2) is 7.85. The maximum Gasteiger partial charge on any atom is 0.269 e. The number of aliphatic imine (C=N–C) groups is 1. The molecule has 2 aromatic carbocycles. The summed E-state index contributed by atoms with van der Waals surface area (Å²) >= 11 is 0. The summed E-state index contributed by atoms with van der Waals surface area (Å²) in [7, 11) is -3.95. The number of nitro benzene ring substituents is 1. The highest BCUT2D eigenvalue weighted by atomic mass is 32.2. The van der Waals surface area contributed by atoms with E-state index in [-0.39, 0.29) is 29.6 Å². The van der Waals surface area contributed by atoms with Crippen LogP contribution in [0.15, 0.2) is 63.5 Å². The van der Waals surface area contributed by atoms with Gasteiger partial charge in [0.25, 0.3) is 15.7 Å². The molecule has 0 amide bonds. The Morgan fingerprint density at radius 2 is 1.96 bits per heavy atom. The van der Waals surface area contributed by atoms with E-state index in [9.17, 15) is 18.5 Å². The Kier molecular flexibility index (Phi) is 5.32. The van der Waals surface area contributed by atoms with Gasteiger partial charge in [-0.2, -0.15) is 10.4 Å². The summed E-state index contributed by atoms with van der Waals surface area (Å²) in [6.45, 7) is 0.366. The molecule has 11 heteroatoms. The van der Waals surface area contributed by atoms with Crippen LogP contribution in [0.4, 0.5) is 5.69 Å². The fourth-order valence-electron chi connectivity index (χ4n) is 2.49. The average molecular weight is 398 g/mol. The van der Waals surface area contributed by atoms with Crippen LogP contribution in [0.1, 0.15) is 11.1 Å². The minimum atomic E-state index is -3.95. The molecule has 0 saturated heterocycles. The number of hydrogen-bond donors (Lipinski definition) is 1. The predicted molar refractivity (Wildman–Crippen MR) is 101 cm³/mol. The monoisotopic (exact) mass is 398 g/mol. The quantitative estimate of drug-likeness (QED) is 0.459. The van der Waals surface area contributed by atoms with E-state index in [1.54, 1.807) is 24.3 Å². The summed E-state index contributed by atoms with van der Waals surface area (Å²) in [5.41, 5.74) is 3.38. The Hall–Kier alpha value is -3.78. The van der Waals surface area contributed by atoms with Gasteiger partial charge in [-0.05, 0) is 18.2 Å². The lowest BCUT2D eigenvalue weighted by molar-refractivity contribution is -0.384. The van der Waals surface area contributed by atoms with Gasteiger partial charge in [0, 0.05) is 17.7 Å². The highest BCUT2D eigenvalue weighted by Crippen LogP contribution is 2.21. The Morgan fingerprint density at radius 1 is 1.25 bits per heavy atom. The molecule has 0 bridgehead atoms. The first-order chi connectivity index (χ1) is 13.4. The molecule has 0 unspecified atom stereocenters. The topological polar surface area (TPSA) is 141 Å². The Balaban J connectivity index is 1.77. The summed E-state index contributed by atoms with van der Waals surface area (Å²) in [4.78, 5) is 14.1. The molecule has 0 spiro atoms. The Labute approximate surface area is 160 Å². The van der Waals surface area contributed by atoms with E-state index in [2.05, 4.69) is 15.5 Å². The summed E-state index contributed by atoms with van der Waals surface area (Å²) < 4.78 is 26.6. The number of nitro groups is 1. The first-order valence-electron chi connectivity index (χ1n) is 8.03. The first-order valence-corrected chi connectivity index (χ1v) is 9.47. The van der Waals surface area contributed by atoms with Gasteiger partial charge in [0.05, 0.1) is 40.8 Å². The summed E-state index contributed by atoms with van der Waals surface area (Å²) in [5.74, 6) is 0.0315. The van der Waals surface area contributed by atoms with Gasteiger partial charge in [-0.15, -0.1) is 0 Å². The molecule has 1 N–H and O–H groups in total. The Morgan fingerprint density at radius 3 is 2.64 bits per heavy atom. The van der Waals surface area contributed by atoms with Crippen molar-refractivity contribution in [3.05, 3.63) is 69.8 Å². The molecule has 142 valence electrons. The van der Waals surface area contributed by atoms with Crippen LogP contribution < -0.4 is 5.43 Å². The van der Waals surface area contributed by atoms with Crippen molar-refractivity contribution in [2.75, 3.05) is 13.1 Å². The smallest absolute Gasteiger partial charge is 0.258 e. The number of nitriles is 1. The van der Waals surface area contributed by atoms with Crippen molar-refractivity contribution in [2.45, 2.75) is 4.90 Å². The van der Waals surface area contributed by atoms with Gasteiger partial charge in [-0.3, -0.25) is 10.1 Å². The molecule has 28 heavy (non-hydrogen) atoms. The molecule has 1 aliphatic rings. The molecular formula is C17H14N6O4S. The summed E-state index contributed by atoms with van der Waals surface area (Å²) in [5, 5.41) is 23.8. The summed E-state index contributed by atoms with van der Waals surface area (Å²) in [6.07, 6.45) is 1.40. The van der Waals surface area contributed by atoms with Gasteiger partial charge in [0.15, 0.2) is 0 Å². The highest BCUT2D eigenvalue weighted by Gasteiger charge is 2.31. The van der Waals surface area contributed by atoms with Crippen LogP contribution >= 0.6 is 0 Å². The van der Waals surface area contributed by atoms with Crippen molar-refractivity contribution < 1.29 is 13.3 Å². The Bertz CT molecular complexity index is 1100. The van der Waals surface area contributed by atoms with Gasteiger partial charge in [0.2, 0.25) is 5.96 Å². The molecule has 0 saturated carbocycles. The van der Waals surface area contributed by atoms with Crippen molar-refractivity contribution >= 4 is 27.9 Å². The van der Waals surface area contributed by atoms with Crippen LogP contribution in [0.25, 0.3) is 0 Å². The average Bonchev–Trinajstić information content (AvgIpc) is 3.18. The van der Waals surface area contributed by atoms with Crippen molar-refractivity contribution in [2.24, 2.45) is 10.1 Å². The highest BCUT2D eigenvalue weighted by molar-refractivity contribution is 7.89.